The monoisotopic (exact) mass is 578 g/mol. The number of ether oxygens (including phenoxy) is 3. The highest BCUT2D eigenvalue weighted by atomic mass is 16.7. The van der Waals surface area contributed by atoms with E-state index in [1.807, 2.05) is 0 Å². The molecule has 0 aromatic heterocycles. The molecule has 7 aliphatic rings. The van der Waals surface area contributed by atoms with Crippen LogP contribution in [0.25, 0.3) is 0 Å². The summed E-state index contributed by atoms with van der Waals surface area (Å²) >= 11 is 0. The van der Waals surface area contributed by atoms with Crippen LogP contribution >= 0.6 is 0 Å². The van der Waals surface area contributed by atoms with Crippen molar-refractivity contribution in [3.05, 3.63) is 0 Å². The Bertz CT molecular complexity index is 971. The Morgan fingerprint density at radius 1 is 0.854 bits per heavy atom. The van der Waals surface area contributed by atoms with Gasteiger partial charge in [0.05, 0.1) is 25.4 Å². The van der Waals surface area contributed by atoms with Crippen molar-refractivity contribution in [1.82, 2.24) is 0 Å². The molecule has 0 aromatic carbocycles. The largest absolute Gasteiger partial charge is 0.394 e. The Morgan fingerprint density at radius 3 is 2.37 bits per heavy atom. The average Bonchev–Trinajstić information content (AvgIpc) is 3.40. The summed E-state index contributed by atoms with van der Waals surface area (Å²) in [6, 6.07) is 0. The Labute approximate surface area is 245 Å². The molecule has 4 aliphatic carbocycles. The van der Waals surface area contributed by atoms with Crippen molar-refractivity contribution < 1.29 is 40.0 Å². The summed E-state index contributed by atoms with van der Waals surface area (Å²) in [5.41, 5.74) is 0.714. The minimum atomic E-state index is -1.39. The maximum absolute atomic E-state index is 10.5. The minimum Gasteiger partial charge on any atom is -0.394 e. The fourth-order valence-electron chi connectivity index (χ4n) is 12.1. The van der Waals surface area contributed by atoms with Gasteiger partial charge in [-0.15, -0.1) is 0 Å². The number of fused-ring (bicyclic) bond motifs is 7. The van der Waals surface area contributed by atoms with Crippen molar-refractivity contribution in [2.24, 2.45) is 52.3 Å². The standard InChI is InChI=1S/C33H55NO7/c1-17-7-12-33(34-15-17)18(2)26-24(41-33)14-23-21-6-5-19-13-20(8-10-31(19,3)22(21)9-11-32(23,26)4)39-30-29(38)28(37)27(36)25(16-35)40-30/h17-30,34-38H,5-16H2,1-4H3/p+1/t17-,18-,19-,20-,21+,22-,23-,24-,25+,26-,27+,28-,29+,30+,31-,32-,33-/m0/s1. The third kappa shape index (κ3) is 4.36. The summed E-state index contributed by atoms with van der Waals surface area (Å²) in [6.07, 6.45) is 6.25. The smallest absolute Gasteiger partial charge is 0.203 e. The Balaban J connectivity index is 1.03. The number of quaternary nitrogens is 1. The molecular weight excluding hydrogens is 522 g/mol. The van der Waals surface area contributed by atoms with Crippen molar-refractivity contribution >= 4 is 0 Å². The predicted octanol–water partition coefficient (Wildman–Crippen LogP) is 2.16. The van der Waals surface area contributed by atoms with Gasteiger partial charge in [0.1, 0.15) is 24.4 Å². The highest BCUT2D eigenvalue weighted by Crippen LogP contribution is 2.70. The molecule has 0 amide bonds. The van der Waals surface area contributed by atoms with E-state index < -0.39 is 37.3 Å². The lowest BCUT2D eigenvalue weighted by Crippen LogP contribution is -3.00. The summed E-state index contributed by atoms with van der Waals surface area (Å²) in [7, 11) is 0. The van der Waals surface area contributed by atoms with E-state index in [2.05, 4.69) is 33.0 Å². The summed E-state index contributed by atoms with van der Waals surface area (Å²) in [4.78, 5) is 0. The molecule has 0 unspecified atom stereocenters. The molecule has 7 rings (SSSR count). The van der Waals surface area contributed by atoms with E-state index >= 15 is 0 Å². The molecule has 7 fully saturated rings. The van der Waals surface area contributed by atoms with E-state index in [1.54, 1.807) is 0 Å². The third-order valence-electron chi connectivity index (χ3n) is 14.5. The zero-order chi connectivity index (χ0) is 28.9. The van der Waals surface area contributed by atoms with Gasteiger partial charge in [-0.2, -0.15) is 0 Å². The van der Waals surface area contributed by atoms with E-state index in [4.69, 9.17) is 14.2 Å². The summed E-state index contributed by atoms with van der Waals surface area (Å²) < 4.78 is 19.1. The Hall–Kier alpha value is -0.320. The molecule has 0 bridgehead atoms. The summed E-state index contributed by atoms with van der Waals surface area (Å²) in [6.45, 7) is 10.9. The molecule has 17 atom stereocenters. The van der Waals surface area contributed by atoms with Crippen molar-refractivity contribution in [1.29, 1.82) is 0 Å². The van der Waals surface area contributed by atoms with Crippen molar-refractivity contribution in [2.45, 2.75) is 141 Å². The molecule has 3 aliphatic heterocycles. The van der Waals surface area contributed by atoms with E-state index in [-0.39, 0.29) is 11.8 Å². The fraction of sp³-hybridized carbons (Fsp3) is 1.00. The minimum absolute atomic E-state index is 0.0235. The lowest BCUT2D eigenvalue weighted by Gasteiger charge is -2.61. The third-order valence-corrected chi connectivity index (χ3v) is 14.5. The van der Waals surface area contributed by atoms with Crippen LogP contribution in [-0.4, -0.2) is 82.2 Å². The molecule has 1 spiro atoms. The Morgan fingerprint density at radius 2 is 1.63 bits per heavy atom. The number of hydrogen-bond acceptors (Lipinski definition) is 7. The van der Waals surface area contributed by atoms with Crippen LogP contribution in [0.15, 0.2) is 0 Å². The zero-order valence-corrected chi connectivity index (χ0v) is 25.7. The van der Waals surface area contributed by atoms with Crippen LogP contribution in [0.2, 0.25) is 0 Å². The molecule has 8 nitrogen and oxygen atoms in total. The van der Waals surface area contributed by atoms with Gasteiger partial charge in [-0.25, -0.2) is 0 Å². The molecule has 0 radical (unpaired) electrons. The molecular formula is C33H56NO7+. The topological polar surface area (TPSA) is 125 Å². The second-order valence-corrected chi connectivity index (χ2v) is 16.2. The number of aliphatic hydroxyl groups is 4. The van der Waals surface area contributed by atoms with E-state index in [0.717, 1.165) is 42.9 Å². The van der Waals surface area contributed by atoms with E-state index in [1.165, 1.54) is 51.5 Å². The van der Waals surface area contributed by atoms with Crippen molar-refractivity contribution in [2.75, 3.05) is 13.2 Å². The van der Waals surface area contributed by atoms with Gasteiger partial charge in [0.2, 0.25) is 5.72 Å². The van der Waals surface area contributed by atoms with E-state index in [9.17, 15) is 20.4 Å². The number of piperidine rings is 1. The highest BCUT2D eigenvalue weighted by molar-refractivity contribution is 5.15. The maximum Gasteiger partial charge on any atom is 0.203 e. The number of hydrogen-bond donors (Lipinski definition) is 5. The van der Waals surface area contributed by atoms with Crippen LogP contribution in [0.1, 0.15) is 91.9 Å². The van der Waals surface area contributed by atoms with Gasteiger partial charge >= 0.3 is 0 Å². The van der Waals surface area contributed by atoms with Crippen LogP contribution in [0.3, 0.4) is 0 Å². The molecule has 8 heteroatoms. The first-order valence-electron chi connectivity index (χ1n) is 17.0. The molecule has 0 aromatic rings. The maximum atomic E-state index is 10.5. The number of nitrogens with two attached hydrogens (primary N) is 1. The first kappa shape index (κ1) is 29.4. The normalized spacial score (nSPS) is 60.3. The van der Waals surface area contributed by atoms with Crippen LogP contribution in [0, 0.1) is 52.3 Å². The second-order valence-electron chi connectivity index (χ2n) is 16.2. The van der Waals surface area contributed by atoms with Gasteiger partial charge in [0, 0.05) is 24.2 Å². The molecule has 6 N–H and O–H groups in total. The quantitative estimate of drug-likeness (QED) is 0.325. The van der Waals surface area contributed by atoms with Crippen molar-refractivity contribution in [3.8, 4) is 0 Å². The highest BCUT2D eigenvalue weighted by Gasteiger charge is 2.70. The summed E-state index contributed by atoms with van der Waals surface area (Å²) in [5, 5.41) is 43.0. The number of rotatable bonds is 3. The molecule has 234 valence electrons. The van der Waals surface area contributed by atoms with Gasteiger partial charge in [-0.1, -0.05) is 27.7 Å². The lowest BCUT2D eigenvalue weighted by atomic mass is 9.44. The van der Waals surface area contributed by atoms with Gasteiger partial charge in [0.15, 0.2) is 6.29 Å². The molecule has 4 saturated carbocycles. The van der Waals surface area contributed by atoms with Crippen molar-refractivity contribution in [3.63, 3.8) is 0 Å². The van der Waals surface area contributed by atoms with Crippen LogP contribution < -0.4 is 5.32 Å². The first-order valence-corrected chi connectivity index (χ1v) is 17.0. The van der Waals surface area contributed by atoms with Gasteiger partial charge in [-0.3, -0.25) is 0 Å². The second kappa shape index (κ2) is 10.4. The average molecular weight is 579 g/mol. The van der Waals surface area contributed by atoms with Crippen LogP contribution in [-0.2, 0) is 14.2 Å². The number of aliphatic hydroxyl groups excluding tert-OH is 4. The van der Waals surface area contributed by atoms with Gasteiger partial charge in [-0.05, 0) is 92.3 Å². The summed E-state index contributed by atoms with van der Waals surface area (Å²) in [5.74, 6) is 4.97. The molecule has 3 saturated heterocycles. The first-order chi connectivity index (χ1) is 19.5. The van der Waals surface area contributed by atoms with Gasteiger partial charge in [0.25, 0.3) is 0 Å². The lowest BCUT2D eigenvalue weighted by molar-refractivity contribution is -0.786. The predicted molar refractivity (Wildman–Crippen MR) is 151 cm³/mol. The van der Waals surface area contributed by atoms with Crippen LogP contribution in [0.4, 0.5) is 0 Å². The van der Waals surface area contributed by atoms with Crippen LogP contribution in [0.5, 0.6) is 0 Å². The van der Waals surface area contributed by atoms with Gasteiger partial charge < -0.3 is 40.0 Å². The Kier molecular flexibility index (Phi) is 7.43. The fourth-order valence-corrected chi connectivity index (χ4v) is 12.1. The molecule has 41 heavy (non-hydrogen) atoms. The molecule has 3 heterocycles. The zero-order valence-electron chi connectivity index (χ0n) is 25.7. The SMILES string of the molecule is C[C@H]1CC[C@]2([NH2+]C1)O[C@H]1C[C@H]3[C@@H]4CC[C@H]5C[C@@H](O[C@@H]6O[C@H](CO)[C@@H](O)[C@H](O)[C@H]6O)CC[C@]5(C)[C@H]4CC[C@]3(C)[C@H]1[C@@H]2C. The van der Waals surface area contributed by atoms with E-state index in [0.29, 0.717) is 34.7 Å².